The first-order valence-electron chi connectivity index (χ1n) is 6.84. The number of carbonyl (C=O) groups is 2. The van der Waals surface area contributed by atoms with E-state index in [0.717, 1.165) is 5.56 Å². The Kier molecular flexibility index (Phi) is 4.27. The molecular formula is C15H20N2O3. The zero-order chi connectivity index (χ0) is 14.7. The number of amides is 2. The second kappa shape index (κ2) is 5.94. The summed E-state index contributed by atoms with van der Waals surface area (Å²) in [6, 6.07) is 5.65. The first kappa shape index (κ1) is 14.4. The van der Waals surface area contributed by atoms with Crippen molar-refractivity contribution in [1.82, 2.24) is 10.6 Å². The van der Waals surface area contributed by atoms with Crippen LogP contribution in [0.3, 0.4) is 0 Å². The molecule has 1 heterocycles. The standard InChI is InChI=1S/C15H20N2O3/c1-9(2)7-12-14(19)17-13(15(20)16-12)8-10-3-5-11(18)6-4-10/h3-6,9,12-13,18H,7-8H2,1-2H3,(H,16,20)(H,17,19)/t12-,13+/m1/s1. The van der Waals surface area contributed by atoms with Gasteiger partial charge in [0.25, 0.3) is 0 Å². The fourth-order valence-electron chi connectivity index (χ4n) is 2.32. The Morgan fingerprint density at radius 3 is 2.20 bits per heavy atom. The van der Waals surface area contributed by atoms with Gasteiger partial charge in [-0.25, -0.2) is 0 Å². The van der Waals surface area contributed by atoms with Crippen LogP contribution in [0.4, 0.5) is 0 Å². The molecule has 0 unspecified atom stereocenters. The fourth-order valence-corrected chi connectivity index (χ4v) is 2.32. The van der Waals surface area contributed by atoms with Crippen molar-refractivity contribution in [1.29, 1.82) is 0 Å². The minimum absolute atomic E-state index is 0.123. The molecule has 1 aromatic rings. The summed E-state index contributed by atoms with van der Waals surface area (Å²) >= 11 is 0. The number of phenolic OH excluding ortho intramolecular Hbond substituents is 1. The van der Waals surface area contributed by atoms with Crippen molar-refractivity contribution in [2.45, 2.75) is 38.8 Å². The lowest BCUT2D eigenvalue weighted by Gasteiger charge is -2.30. The van der Waals surface area contributed by atoms with Gasteiger partial charge in [0.1, 0.15) is 17.8 Å². The van der Waals surface area contributed by atoms with Crippen molar-refractivity contribution in [3.63, 3.8) is 0 Å². The number of rotatable bonds is 4. The van der Waals surface area contributed by atoms with Crippen LogP contribution in [0.1, 0.15) is 25.8 Å². The number of aromatic hydroxyl groups is 1. The van der Waals surface area contributed by atoms with E-state index in [1.807, 2.05) is 13.8 Å². The van der Waals surface area contributed by atoms with Crippen LogP contribution in [-0.2, 0) is 16.0 Å². The topological polar surface area (TPSA) is 78.4 Å². The third kappa shape index (κ3) is 3.50. The number of benzene rings is 1. The molecule has 3 N–H and O–H groups in total. The lowest BCUT2D eigenvalue weighted by atomic mass is 9.97. The summed E-state index contributed by atoms with van der Waals surface area (Å²) in [5.74, 6) is 0.257. The van der Waals surface area contributed by atoms with Crippen LogP contribution in [0.15, 0.2) is 24.3 Å². The Bertz CT molecular complexity index is 496. The van der Waals surface area contributed by atoms with E-state index in [9.17, 15) is 14.7 Å². The number of carbonyl (C=O) groups excluding carboxylic acids is 2. The Morgan fingerprint density at radius 1 is 1.05 bits per heavy atom. The number of piperazine rings is 1. The Morgan fingerprint density at radius 2 is 1.60 bits per heavy atom. The molecule has 5 heteroatoms. The zero-order valence-electron chi connectivity index (χ0n) is 11.7. The van der Waals surface area contributed by atoms with E-state index >= 15 is 0 Å². The van der Waals surface area contributed by atoms with Crippen LogP contribution in [0.2, 0.25) is 0 Å². The van der Waals surface area contributed by atoms with Gasteiger partial charge in [0.05, 0.1) is 0 Å². The monoisotopic (exact) mass is 276 g/mol. The SMILES string of the molecule is CC(C)C[C@H]1NC(=O)[C@H](Cc2ccc(O)cc2)NC1=O. The van der Waals surface area contributed by atoms with Gasteiger partial charge in [0.15, 0.2) is 0 Å². The lowest BCUT2D eigenvalue weighted by Crippen LogP contribution is -2.62. The Balaban J connectivity index is 1.99. The maximum atomic E-state index is 12.0. The van der Waals surface area contributed by atoms with Crippen molar-refractivity contribution < 1.29 is 14.7 Å². The van der Waals surface area contributed by atoms with E-state index in [1.165, 1.54) is 0 Å². The van der Waals surface area contributed by atoms with Crippen molar-refractivity contribution in [3.8, 4) is 5.75 Å². The summed E-state index contributed by atoms with van der Waals surface area (Å²) in [6.07, 6.45) is 1.07. The molecule has 0 aliphatic carbocycles. The predicted molar refractivity (Wildman–Crippen MR) is 75.1 cm³/mol. The second-order valence-corrected chi connectivity index (χ2v) is 5.62. The van der Waals surface area contributed by atoms with Gasteiger partial charge in [-0.1, -0.05) is 26.0 Å². The van der Waals surface area contributed by atoms with Gasteiger partial charge in [-0.2, -0.15) is 0 Å². The highest BCUT2D eigenvalue weighted by molar-refractivity contribution is 5.97. The molecular weight excluding hydrogens is 256 g/mol. The molecule has 1 aliphatic heterocycles. The first-order chi connectivity index (χ1) is 9.45. The maximum Gasteiger partial charge on any atom is 0.243 e. The smallest absolute Gasteiger partial charge is 0.243 e. The van der Waals surface area contributed by atoms with Crippen molar-refractivity contribution >= 4 is 11.8 Å². The van der Waals surface area contributed by atoms with Crippen LogP contribution in [-0.4, -0.2) is 29.0 Å². The van der Waals surface area contributed by atoms with E-state index in [0.29, 0.717) is 18.8 Å². The van der Waals surface area contributed by atoms with Crippen molar-refractivity contribution in [3.05, 3.63) is 29.8 Å². The van der Waals surface area contributed by atoms with Gasteiger partial charge in [-0.15, -0.1) is 0 Å². The van der Waals surface area contributed by atoms with E-state index < -0.39 is 12.1 Å². The molecule has 0 aromatic heterocycles. The minimum Gasteiger partial charge on any atom is -0.508 e. The predicted octanol–water partition coefficient (Wildman–Crippen LogP) is 0.964. The van der Waals surface area contributed by atoms with Gasteiger partial charge in [-0.05, 0) is 30.0 Å². The summed E-state index contributed by atoms with van der Waals surface area (Å²) in [7, 11) is 0. The van der Waals surface area contributed by atoms with Gasteiger partial charge in [0, 0.05) is 6.42 Å². The van der Waals surface area contributed by atoms with Crippen LogP contribution in [0.25, 0.3) is 0 Å². The first-order valence-corrected chi connectivity index (χ1v) is 6.84. The highest BCUT2D eigenvalue weighted by Gasteiger charge is 2.33. The third-order valence-electron chi connectivity index (χ3n) is 3.35. The van der Waals surface area contributed by atoms with Crippen LogP contribution >= 0.6 is 0 Å². The summed E-state index contributed by atoms with van der Waals surface area (Å²) in [4.78, 5) is 24.0. The van der Waals surface area contributed by atoms with Gasteiger partial charge in [-0.3, -0.25) is 9.59 Å². The molecule has 20 heavy (non-hydrogen) atoms. The molecule has 2 rings (SSSR count). The molecule has 2 atom stereocenters. The van der Waals surface area contributed by atoms with E-state index in [4.69, 9.17) is 0 Å². The molecule has 0 saturated carbocycles. The summed E-state index contributed by atoms with van der Waals surface area (Å²) < 4.78 is 0. The maximum absolute atomic E-state index is 12.0. The Hall–Kier alpha value is -2.04. The summed E-state index contributed by atoms with van der Waals surface area (Å²) in [5.41, 5.74) is 0.894. The van der Waals surface area contributed by atoms with Crippen molar-refractivity contribution in [2.24, 2.45) is 5.92 Å². The molecule has 1 aliphatic rings. The fraction of sp³-hybridized carbons (Fsp3) is 0.467. The van der Waals surface area contributed by atoms with Gasteiger partial charge < -0.3 is 15.7 Å². The van der Waals surface area contributed by atoms with E-state index in [1.54, 1.807) is 24.3 Å². The highest BCUT2D eigenvalue weighted by atomic mass is 16.3. The van der Waals surface area contributed by atoms with Crippen LogP contribution in [0.5, 0.6) is 5.75 Å². The highest BCUT2D eigenvalue weighted by Crippen LogP contribution is 2.14. The summed E-state index contributed by atoms with van der Waals surface area (Å²) in [6.45, 7) is 4.03. The second-order valence-electron chi connectivity index (χ2n) is 5.62. The van der Waals surface area contributed by atoms with Crippen molar-refractivity contribution in [2.75, 3.05) is 0 Å². The van der Waals surface area contributed by atoms with Crippen LogP contribution < -0.4 is 10.6 Å². The normalized spacial score (nSPS) is 22.6. The largest absolute Gasteiger partial charge is 0.508 e. The average Bonchev–Trinajstić information content (AvgIpc) is 2.37. The molecule has 1 aromatic carbocycles. The molecule has 0 bridgehead atoms. The average molecular weight is 276 g/mol. The molecule has 5 nitrogen and oxygen atoms in total. The zero-order valence-corrected chi connectivity index (χ0v) is 11.7. The molecule has 108 valence electrons. The minimum atomic E-state index is -0.546. The van der Waals surface area contributed by atoms with Gasteiger partial charge in [0.2, 0.25) is 11.8 Å². The number of hydrogen-bond donors (Lipinski definition) is 3. The van der Waals surface area contributed by atoms with Crippen LogP contribution in [0, 0.1) is 5.92 Å². The molecule has 1 fully saturated rings. The van der Waals surface area contributed by atoms with E-state index in [2.05, 4.69) is 10.6 Å². The molecule has 0 radical (unpaired) electrons. The summed E-state index contributed by atoms with van der Waals surface area (Å²) in [5, 5.41) is 14.8. The Labute approximate surface area is 118 Å². The molecule has 0 spiro atoms. The number of phenols is 1. The van der Waals surface area contributed by atoms with Gasteiger partial charge >= 0.3 is 0 Å². The number of hydrogen-bond acceptors (Lipinski definition) is 3. The third-order valence-corrected chi connectivity index (χ3v) is 3.35. The molecule has 1 saturated heterocycles. The lowest BCUT2D eigenvalue weighted by molar-refractivity contribution is -0.137. The quantitative estimate of drug-likeness (QED) is 0.766. The number of nitrogens with one attached hydrogen (secondary N) is 2. The van der Waals surface area contributed by atoms with E-state index in [-0.39, 0.29) is 17.6 Å². The molecule has 2 amide bonds.